The summed E-state index contributed by atoms with van der Waals surface area (Å²) in [6.45, 7) is 6.38. The number of allylic oxidation sites excluding steroid dienone is 2. The van der Waals surface area contributed by atoms with Gasteiger partial charge in [-0.05, 0) is 32.9 Å². The van der Waals surface area contributed by atoms with Crippen LogP contribution in [-0.2, 0) is 19.1 Å². The van der Waals surface area contributed by atoms with Gasteiger partial charge in [0.05, 0.1) is 5.92 Å². The summed E-state index contributed by atoms with van der Waals surface area (Å²) in [6, 6.07) is -0.704. The number of fused-ring (bicyclic) bond motifs is 1. The van der Waals surface area contributed by atoms with E-state index in [-0.39, 0.29) is 6.42 Å². The minimum Gasteiger partial charge on any atom is -0.447 e. The standard InChI is InChI=1S/C18H19NO5/c1-12(20)23-14-11-9-7-5-6-8-10-13-15(14)19(16(13)21)17(22)24-18(2,3)4/h5,7,13-15H,10H2,1-4H3/t13-,14-,15+/m0/s1. The predicted octanol–water partition coefficient (Wildman–Crippen LogP) is 1.65. The van der Waals surface area contributed by atoms with Crippen molar-refractivity contribution in [2.45, 2.75) is 51.9 Å². The number of imide groups is 1. The van der Waals surface area contributed by atoms with Crippen molar-refractivity contribution in [2.75, 3.05) is 0 Å². The van der Waals surface area contributed by atoms with Crippen LogP contribution in [0.5, 0.6) is 0 Å². The molecule has 2 amide bonds. The van der Waals surface area contributed by atoms with Gasteiger partial charge in [-0.2, -0.15) is 0 Å². The lowest BCUT2D eigenvalue weighted by Crippen LogP contribution is -2.68. The second-order valence-corrected chi connectivity index (χ2v) is 6.46. The van der Waals surface area contributed by atoms with Crippen molar-refractivity contribution in [1.82, 2.24) is 4.90 Å². The largest absolute Gasteiger partial charge is 0.447 e. The molecule has 0 unspecified atom stereocenters. The molecular weight excluding hydrogens is 310 g/mol. The first-order chi connectivity index (χ1) is 11.2. The highest BCUT2D eigenvalue weighted by atomic mass is 16.6. The molecule has 0 aromatic rings. The molecule has 0 aromatic heterocycles. The molecule has 6 heteroatoms. The first kappa shape index (κ1) is 17.6. The minimum absolute atomic E-state index is 0.257. The van der Waals surface area contributed by atoms with Crippen molar-refractivity contribution in [3.63, 3.8) is 0 Å². The molecule has 1 fully saturated rings. The van der Waals surface area contributed by atoms with Gasteiger partial charge in [-0.1, -0.05) is 23.7 Å². The van der Waals surface area contributed by atoms with E-state index in [2.05, 4.69) is 23.7 Å². The number of rotatable bonds is 1. The normalized spacial score (nSPS) is 25.1. The van der Waals surface area contributed by atoms with E-state index in [0.717, 1.165) is 4.90 Å². The van der Waals surface area contributed by atoms with E-state index in [4.69, 9.17) is 9.47 Å². The average Bonchev–Trinajstić information content (AvgIpc) is 2.43. The smallest absolute Gasteiger partial charge is 0.417 e. The Labute approximate surface area is 141 Å². The number of carbonyl (C=O) groups is 3. The Morgan fingerprint density at radius 1 is 1.25 bits per heavy atom. The Bertz CT molecular complexity index is 708. The van der Waals surface area contributed by atoms with Crippen molar-refractivity contribution >= 4 is 18.0 Å². The molecule has 1 heterocycles. The van der Waals surface area contributed by atoms with Crippen molar-refractivity contribution in [3.8, 4) is 23.7 Å². The summed E-state index contributed by atoms with van der Waals surface area (Å²) in [5.41, 5.74) is -0.746. The van der Waals surface area contributed by atoms with Gasteiger partial charge in [0.1, 0.15) is 11.6 Å². The Morgan fingerprint density at radius 2 is 1.92 bits per heavy atom. The molecule has 0 saturated carbocycles. The summed E-state index contributed by atoms with van der Waals surface area (Å²) >= 11 is 0. The maximum atomic E-state index is 12.4. The van der Waals surface area contributed by atoms with E-state index in [0.29, 0.717) is 0 Å². The van der Waals surface area contributed by atoms with Crippen LogP contribution in [-0.4, -0.2) is 40.6 Å². The van der Waals surface area contributed by atoms with E-state index in [1.807, 2.05) is 0 Å². The average molecular weight is 329 g/mol. The molecule has 3 atom stereocenters. The highest BCUT2D eigenvalue weighted by Crippen LogP contribution is 2.34. The molecule has 0 spiro atoms. The third-order valence-electron chi connectivity index (χ3n) is 3.36. The van der Waals surface area contributed by atoms with Crippen LogP contribution in [0.3, 0.4) is 0 Å². The summed E-state index contributed by atoms with van der Waals surface area (Å²) in [5, 5.41) is 0. The van der Waals surface area contributed by atoms with E-state index in [1.54, 1.807) is 26.8 Å². The maximum absolute atomic E-state index is 12.4. The molecule has 0 bridgehead atoms. The number of amides is 2. The lowest BCUT2D eigenvalue weighted by Gasteiger charge is -2.46. The fourth-order valence-electron chi connectivity index (χ4n) is 2.45. The molecular formula is C18H19NO5. The molecule has 0 aromatic carbocycles. The summed E-state index contributed by atoms with van der Waals surface area (Å²) < 4.78 is 10.5. The number of nitrogens with zero attached hydrogens (tertiary/aromatic N) is 1. The number of esters is 1. The Balaban J connectivity index is 2.33. The highest BCUT2D eigenvalue weighted by Gasteiger charge is 2.56. The van der Waals surface area contributed by atoms with Crippen molar-refractivity contribution in [1.29, 1.82) is 0 Å². The van der Waals surface area contributed by atoms with Crippen molar-refractivity contribution in [2.24, 2.45) is 5.92 Å². The summed E-state index contributed by atoms with van der Waals surface area (Å²) in [5.74, 6) is 9.62. The van der Waals surface area contributed by atoms with Gasteiger partial charge in [0.25, 0.3) is 0 Å². The molecule has 0 N–H and O–H groups in total. The molecule has 2 rings (SSSR count). The van der Waals surface area contributed by atoms with Gasteiger partial charge in [-0.15, -0.1) is 0 Å². The quantitative estimate of drug-likeness (QED) is 0.415. The highest BCUT2D eigenvalue weighted by molar-refractivity contribution is 6.00. The Morgan fingerprint density at radius 3 is 2.54 bits per heavy atom. The maximum Gasteiger partial charge on any atom is 0.417 e. The summed E-state index contributed by atoms with van der Waals surface area (Å²) in [7, 11) is 0. The van der Waals surface area contributed by atoms with Gasteiger partial charge < -0.3 is 9.47 Å². The van der Waals surface area contributed by atoms with E-state index < -0.39 is 41.6 Å². The molecule has 126 valence electrons. The second kappa shape index (κ2) is 6.80. The Hall–Kier alpha value is -2.73. The van der Waals surface area contributed by atoms with E-state index in [9.17, 15) is 14.4 Å². The van der Waals surface area contributed by atoms with Crippen LogP contribution in [0.2, 0.25) is 0 Å². The van der Waals surface area contributed by atoms with Crippen molar-refractivity contribution in [3.05, 3.63) is 12.2 Å². The van der Waals surface area contributed by atoms with Gasteiger partial charge in [0.15, 0.2) is 6.10 Å². The zero-order valence-corrected chi connectivity index (χ0v) is 14.1. The molecule has 2 aliphatic rings. The monoisotopic (exact) mass is 329 g/mol. The van der Waals surface area contributed by atoms with Crippen LogP contribution >= 0.6 is 0 Å². The number of likely N-dealkylation sites (tertiary alicyclic amines) is 1. The molecule has 1 saturated heterocycles. The minimum atomic E-state index is -0.915. The van der Waals surface area contributed by atoms with Gasteiger partial charge in [-0.3, -0.25) is 9.59 Å². The third-order valence-corrected chi connectivity index (χ3v) is 3.36. The lowest BCUT2D eigenvalue weighted by atomic mass is 9.81. The van der Waals surface area contributed by atoms with Crippen LogP contribution in [0, 0.1) is 29.6 Å². The fourth-order valence-corrected chi connectivity index (χ4v) is 2.45. The molecule has 1 aliphatic heterocycles. The van der Waals surface area contributed by atoms with Gasteiger partial charge in [0.2, 0.25) is 5.91 Å². The number of β-lactam (4-membered cyclic amide) rings is 1. The van der Waals surface area contributed by atoms with Crippen molar-refractivity contribution < 1.29 is 23.9 Å². The summed E-state index contributed by atoms with van der Waals surface area (Å²) in [4.78, 5) is 37.1. The zero-order valence-electron chi connectivity index (χ0n) is 14.1. The number of carbonyl (C=O) groups excluding carboxylic acids is 3. The van der Waals surface area contributed by atoms with E-state index >= 15 is 0 Å². The van der Waals surface area contributed by atoms with Gasteiger partial charge >= 0.3 is 12.1 Å². The predicted molar refractivity (Wildman–Crippen MR) is 85.2 cm³/mol. The molecule has 6 nitrogen and oxygen atoms in total. The topological polar surface area (TPSA) is 72.9 Å². The second-order valence-electron chi connectivity index (χ2n) is 6.46. The first-order valence-corrected chi connectivity index (χ1v) is 7.58. The molecule has 24 heavy (non-hydrogen) atoms. The number of hydrogen-bond acceptors (Lipinski definition) is 5. The SMILES string of the molecule is CC(=O)O[C@H]1C#CC=CC#CC[C@@H]2C(=O)N(C(=O)OC(C)(C)C)[C@@H]12. The van der Waals surface area contributed by atoms with Crippen LogP contribution in [0.4, 0.5) is 4.79 Å². The first-order valence-electron chi connectivity index (χ1n) is 7.58. The van der Waals surface area contributed by atoms with Gasteiger partial charge in [0, 0.05) is 13.3 Å². The number of hydrogen-bond donors (Lipinski definition) is 0. The Kier molecular flexibility index (Phi) is 4.99. The van der Waals surface area contributed by atoms with E-state index in [1.165, 1.54) is 13.0 Å². The third kappa shape index (κ3) is 3.97. The van der Waals surface area contributed by atoms with Crippen LogP contribution in [0.25, 0.3) is 0 Å². The zero-order chi connectivity index (χ0) is 17.9. The molecule has 0 radical (unpaired) electrons. The molecule has 1 aliphatic carbocycles. The van der Waals surface area contributed by atoms with Crippen LogP contribution < -0.4 is 0 Å². The van der Waals surface area contributed by atoms with Gasteiger partial charge in [-0.25, -0.2) is 9.69 Å². The lowest BCUT2D eigenvalue weighted by molar-refractivity contribution is -0.167. The summed E-state index contributed by atoms with van der Waals surface area (Å²) in [6.07, 6.45) is 1.66. The van der Waals surface area contributed by atoms with Crippen LogP contribution in [0.15, 0.2) is 12.2 Å². The fraction of sp³-hybridized carbons (Fsp3) is 0.500. The van der Waals surface area contributed by atoms with Crippen LogP contribution in [0.1, 0.15) is 34.1 Å². The number of ether oxygens (including phenoxy) is 2.